The second kappa shape index (κ2) is 11.1. The molecule has 1 atom stereocenters. The molecule has 0 aliphatic carbocycles. The highest BCUT2D eigenvalue weighted by atomic mass is 35.5. The van der Waals surface area contributed by atoms with Crippen LogP contribution in [0.4, 0.5) is 5.13 Å². The molecule has 2 heterocycles. The van der Waals surface area contributed by atoms with Crippen LogP contribution in [-0.4, -0.2) is 60.7 Å². The number of esters is 1. The van der Waals surface area contributed by atoms with E-state index in [-0.39, 0.29) is 40.1 Å². The number of hydrogen-bond donors (Lipinski definition) is 1. The molecule has 0 bridgehead atoms. The summed E-state index contributed by atoms with van der Waals surface area (Å²) in [6, 6.07) is 4.67. The number of ether oxygens (including phenoxy) is 1. The topological polar surface area (TPSA) is 119 Å². The lowest BCUT2D eigenvalue weighted by atomic mass is 9.99. The number of rotatable bonds is 8. The van der Waals surface area contributed by atoms with Crippen molar-refractivity contribution in [1.29, 1.82) is 0 Å². The van der Waals surface area contributed by atoms with Crippen molar-refractivity contribution in [2.75, 3.05) is 31.3 Å². The molecule has 1 aromatic heterocycles. The minimum absolute atomic E-state index is 0.0716. The van der Waals surface area contributed by atoms with Crippen LogP contribution in [-0.2, 0) is 30.1 Å². The third kappa shape index (κ3) is 6.78. The van der Waals surface area contributed by atoms with Gasteiger partial charge in [0.25, 0.3) is 0 Å². The zero-order valence-electron chi connectivity index (χ0n) is 16.9. The zero-order chi connectivity index (χ0) is 23.3. The van der Waals surface area contributed by atoms with Crippen molar-refractivity contribution < 1.29 is 22.7 Å². The average molecular weight is 539 g/mol. The maximum atomic E-state index is 12.9. The van der Waals surface area contributed by atoms with E-state index in [1.807, 2.05) is 0 Å². The van der Waals surface area contributed by atoms with Crippen molar-refractivity contribution in [2.45, 2.75) is 22.9 Å². The number of nitrogens with zero attached hydrogens (tertiary/aromatic N) is 3. The number of sulfonamides is 1. The summed E-state index contributed by atoms with van der Waals surface area (Å²) in [5.74, 6) is -1.41. The molecule has 3 rings (SSSR count). The van der Waals surface area contributed by atoms with Crippen LogP contribution in [0.25, 0.3) is 0 Å². The second-order valence-electron chi connectivity index (χ2n) is 6.92. The SMILES string of the molecule is COC(=O)CSc1nnc(NC(=O)[C@H]2CCCN(S(=O)(=O)Cc3ccc(Cl)cc3Cl)C2)s1. The largest absolute Gasteiger partial charge is 0.468 e. The van der Waals surface area contributed by atoms with Gasteiger partial charge in [-0.2, -0.15) is 0 Å². The van der Waals surface area contributed by atoms with Gasteiger partial charge in [-0.1, -0.05) is 52.4 Å². The number of aromatic nitrogens is 2. The third-order valence-corrected chi connectivity index (χ3v) is 9.01. The number of carbonyl (C=O) groups is 2. The summed E-state index contributed by atoms with van der Waals surface area (Å²) >= 11 is 14.3. The van der Waals surface area contributed by atoms with Gasteiger partial charge in [0.2, 0.25) is 21.1 Å². The van der Waals surface area contributed by atoms with Crippen molar-refractivity contribution in [3.8, 4) is 0 Å². The molecule has 174 valence electrons. The molecule has 9 nitrogen and oxygen atoms in total. The van der Waals surface area contributed by atoms with E-state index in [0.29, 0.717) is 34.3 Å². The number of methoxy groups -OCH3 is 1. The summed E-state index contributed by atoms with van der Waals surface area (Å²) in [4.78, 5) is 23.9. The van der Waals surface area contributed by atoms with Crippen molar-refractivity contribution in [1.82, 2.24) is 14.5 Å². The second-order valence-corrected chi connectivity index (χ2v) is 11.9. The quantitative estimate of drug-likeness (QED) is 0.309. The fraction of sp³-hybridized carbons (Fsp3) is 0.444. The molecule has 0 unspecified atom stereocenters. The molecule has 1 aliphatic rings. The maximum Gasteiger partial charge on any atom is 0.316 e. The van der Waals surface area contributed by atoms with Crippen LogP contribution in [0.1, 0.15) is 18.4 Å². The van der Waals surface area contributed by atoms with Gasteiger partial charge in [-0.3, -0.25) is 9.59 Å². The van der Waals surface area contributed by atoms with E-state index >= 15 is 0 Å². The summed E-state index contributed by atoms with van der Waals surface area (Å²) < 4.78 is 32.2. The van der Waals surface area contributed by atoms with Gasteiger partial charge in [-0.05, 0) is 30.5 Å². The highest BCUT2D eigenvalue weighted by Crippen LogP contribution is 2.28. The van der Waals surface area contributed by atoms with Crippen LogP contribution < -0.4 is 5.32 Å². The average Bonchev–Trinajstić information content (AvgIpc) is 3.21. The van der Waals surface area contributed by atoms with Crippen LogP contribution >= 0.6 is 46.3 Å². The van der Waals surface area contributed by atoms with Gasteiger partial charge in [-0.15, -0.1) is 10.2 Å². The Morgan fingerprint density at radius 1 is 1.34 bits per heavy atom. The van der Waals surface area contributed by atoms with Crippen LogP contribution in [0.5, 0.6) is 0 Å². The minimum Gasteiger partial charge on any atom is -0.468 e. The van der Waals surface area contributed by atoms with E-state index in [1.165, 1.54) is 17.5 Å². The van der Waals surface area contributed by atoms with Crippen LogP contribution in [0.15, 0.2) is 22.5 Å². The summed E-state index contributed by atoms with van der Waals surface area (Å²) in [6.45, 7) is 0.409. The first-order valence-electron chi connectivity index (χ1n) is 9.43. The first-order valence-corrected chi connectivity index (χ1v) is 13.6. The van der Waals surface area contributed by atoms with Crippen molar-refractivity contribution >= 4 is 73.3 Å². The number of piperidine rings is 1. The molecule has 1 aromatic carbocycles. The van der Waals surface area contributed by atoms with E-state index in [2.05, 4.69) is 20.3 Å². The Bertz CT molecular complexity index is 1100. The Labute approximate surface area is 203 Å². The van der Waals surface area contributed by atoms with E-state index in [4.69, 9.17) is 23.2 Å². The normalized spacial score (nSPS) is 17.2. The number of halogens is 2. The first kappa shape index (κ1) is 25.2. The van der Waals surface area contributed by atoms with Gasteiger partial charge in [-0.25, -0.2) is 12.7 Å². The molecule has 0 spiro atoms. The molecule has 1 N–H and O–H groups in total. The van der Waals surface area contributed by atoms with Crippen LogP contribution in [0.2, 0.25) is 10.0 Å². The third-order valence-electron chi connectivity index (χ3n) is 4.68. The molecular formula is C18H20Cl2N4O5S3. The zero-order valence-corrected chi connectivity index (χ0v) is 20.9. The molecule has 0 radical (unpaired) electrons. The Hall–Kier alpha value is -1.44. The standard InChI is InChI=1S/C18H20Cl2N4O5S3/c1-29-15(25)9-30-18-23-22-17(31-18)21-16(26)11-3-2-6-24(8-11)32(27,28)10-12-4-5-13(19)7-14(12)20/h4-5,7,11H,2-3,6,8-10H2,1H3,(H,21,22,26)/t11-/m0/s1. The predicted octanol–water partition coefficient (Wildman–Crippen LogP) is 3.29. The van der Waals surface area contributed by atoms with E-state index in [1.54, 1.807) is 12.1 Å². The van der Waals surface area contributed by atoms with E-state index in [0.717, 1.165) is 23.1 Å². The van der Waals surface area contributed by atoms with E-state index in [9.17, 15) is 18.0 Å². The number of thioether (sulfide) groups is 1. The minimum atomic E-state index is -3.67. The monoisotopic (exact) mass is 538 g/mol. The lowest BCUT2D eigenvalue weighted by molar-refractivity contribution is -0.137. The van der Waals surface area contributed by atoms with Crippen molar-refractivity contribution in [3.05, 3.63) is 33.8 Å². The Morgan fingerprint density at radius 2 is 2.12 bits per heavy atom. The fourth-order valence-corrected chi connectivity index (χ4v) is 6.82. The molecule has 2 aromatic rings. The van der Waals surface area contributed by atoms with Gasteiger partial charge in [0, 0.05) is 23.1 Å². The van der Waals surface area contributed by atoms with E-state index < -0.39 is 15.9 Å². The van der Waals surface area contributed by atoms with Crippen LogP contribution in [0, 0.1) is 5.92 Å². The van der Waals surface area contributed by atoms with Gasteiger partial charge >= 0.3 is 5.97 Å². The molecule has 1 fully saturated rings. The molecule has 1 amide bonds. The number of benzene rings is 1. The Balaban J connectivity index is 1.59. The maximum absolute atomic E-state index is 12.9. The fourth-order valence-electron chi connectivity index (χ4n) is 3.04. The lowest BCUT2D eigenvalue weighted by Crippen LogP contribution is -2.44. The number of amides is 1. The molecular weight excluding hydrogens is 519 g/mol. The number of nitrogens with one attached hydrogen (secondary N) is 1. The van der Waals surface area contributed by atoms with Gasteiger partial charge in [0.1, 0.15) is 0 Å². The predicted molar refractivity (Wildman–Crippen MR) is 125 cm³/mol. The number of anilines is 1. The van der Waals surface area contributed by atoms with Gasteiger partial charge < -0.3 is 10.1 Å². The van der Waals surface area contributed by atoms with Crippen molar-refractivity contribution in [2.24, 2.45) is 5.92 Å². The Morgan fingerprint density at radius 3 is 2.84 bits per heavy atom. The van der Waals surface area contributed by atoms with Crippen molar-refractivity contribution in [3.63, 3.8) is 0 Å². The highest BCUT2D eigenvalue weighted by Gasteiger charge is 2.33. The summed E-state index contributed by atoms with van der Waals surface area (Å²) in [5.41, 5.74) is 0.452. The van der Waals surface area contributed by atoms with Gasteiger partial charge in [0.15, 0.2) is 4.34 Å². The first-order chi connectivity index (χ1) is 15.2. The summed E-state index contributed by atoms with van der Waals surface area (Å²) in [5, 5.41) is 11.5. The number of carbonyl (C=O) groups excluding carboxylic acids is 2. The van der Waals surface area contributed by atoms with Gasteiger partial charge in [0.05, 0.1) is 24.5 Å². The summed E-state index contributed by atoms with van der Waals surface area (Å²) in [7, 11) is -2.37. The Kier molecular flexibility index (Phi) is 8.75. The molecule has 1 saturated heterocycles. The molecule has 32 heavy (non-hydrogen) atoms. The number of hydrogen-bond acceptors (Lipinski definition) is 9. The molecule has 1 aliphatic heterocycles. The smallest absolute Gasteiger partial charge is 0.316 e. The van der Waals surface area contributed by atoms with Crippen LogP contribution in [0.3, 0.4) is 0 Å². The highest BCUT2D eigenvalue weighted by molar-refractivity contribution is 8.01. The molecule has 14 heteroatoms. The lowest BCUT2D eigenvalue weighted by Gasteiger charge is -2.31. The molecule has 0 saturated carbocycles. The summed E-state index contributed by atoms with van der Waals surface area (Å²) in [6.07, 6.45) is 1.12.